The van der Waals surface area contributed by atoms with Gasteiger partial charge in [0.15, 0.2) is 5.76 Å². The average Bonchev–Trinajstić information content (AvgIpc) is 2.84. The fourth-order valence-electron chi connectivity index (χ4n) is 1.32. The van der Waals surface area contributed by atoms with E-state index >= 15 is 0 Å². The van der Waals surface area contributed by atoms with E-state index in [2.05, 4.69) is 15.5 Å². The van der Waals surface area contributed by atoms with Crippen LogP contribution in [0.15, 0.2) is 22.8 Å². The number of furan rings is 1. The fourth-order valence-corrected chi connectivity index (χ4v) is 1.32. The second-order valence-corrected chi connectivity index (χ2v) is 3.20. The van der Waals surface area contributed by atoms with Crippen LogP contribution >= 0.6 is 0 Å². The average molecular weight is 222 g/mol. The van der Waals surface area contributed by atoms with Gasteiger partial charge >= 0.3 is 5.97 Å². The van der Waals surface area contributed by atoms with E-state index in [4.69, 9.17) is 9.52 Å². The van der Waals surface area contributed by atoms with Gasteiger partial charge < -0.3 is 9.52 Å². The number of aryl methyl sites for hydroxylation is 1. The van der Waals surface area contributed by atoms with E-state index in [1.807, 2.05) is 0 Å². The smallest absolute Gasteiger partial charge is 0.303 e. The summed E-state index contributed by atoms with van der Waals surface area (Å²) >= 11 is 0. The van der Waals surface area contributed by atoms with Crippen molar-refractivity contribution in [3.05, 3.63) is 18.4 Å². The fraction of sp³-hybridized carbons (Fsp3) is 0.333. The zero-order valence-corrected chi connectivity index (χ0v) is 8.41. The van der Waals surface area contributed by atoms with Crippen molar-refractivity contribution in [3.63, 3.8) is 0 Å². The molecule has 2 heterocycles. The van der Waals surface area contributed by atoms with E-state index < -0.39 is 5.97 Å². The number of tetrazole rings is 1. The molecule has 7 nitrogen and oxygen atoms in total. The van der Waals surface area contributed by atoms with Gasteiger partial charge in [0.05, 0.1) is 6.26 Å². The molecule has 0 bridgehead atoms. The molecule has 0 atom stereocenters. The van der Waals surface area contributed by atoms with Gasteiger partial charge in [0.25, 0.3) is 0 Å². The van der Waals surface area contributed by atoms with Crippen LogP contribution < -0.4 is 0 Å². The maximum atomic E-state index is 10.4. The first-order valence-electron chi connectivity index (χ1n) is 4.79. The monoisotopic (exact) mass is 222 g/mol. The molecule has 0 spiro atoms. The molecule has 2 rings (SSSR count). The molecule has 0 aliphatic carbocycles. The number of aliphatic carboxylic acids is 1. The summed E-state index contributed by atoms with van der Waals surface area (Å²) < 4.78 is 6.70. The Morgan fingerprint density at radius 1 is 1.56 bits per heavy atom. The second-order valence-electron chi connectivity index (χ2n) is 3.20. The standard InChI is InChI=1S/C9H10N4O3/c14-8(15)4-1-5-13-9(10-11-12-13)7-3-2-6-16-7/h2-3,6H,1,4-5H2,(H,14,15). The largest absolute Gasteiger partial charge is 0.481 e. The lowest BCUT2D eigenvalue weighted by atomic mass is 10.3. The Kier molecular flexibility index (Phi) is 2.95. The Balaban J connectivity index is 2.05. The number of carboxylic acids is 1. The van der Waals surface area contributed by atoms with Gasteiger partial charge in [-0.25, -0.2) is 4.68 Å². The van der Waals surface area contributed by atoms with E-state index in [1.165, 1.54) is 10.9 Å². The molecule has 0 saturated carbocycles. The molecule has 0 aliphatic heterocycles. The summed E-state index contributed by atoms with van der Waals surface area (Å²) in [7, 11) is 0. The van der Waals surface area contributed by atoms with Gasteiger partial charge in [-0.05, 0) is 29.0 Å². The van der Waals surface area contributed by atoms with Crippen LogP contribution in [0, 0.1) is 0 Å². The lowest BCUT2D eigenvalue weighted by Crippen LogP contribution is -2.05. The molecular weight excluding hydrogens is 212 g/mol. The normalized spacial score (nSPS) is 10.5. The summed E-state index contributed by atoms with van der Waals surface area (Å²) in [5.41, 5.74) is 0. The molecule has 0 saturated heterocycles. The van der Waals surface area contributed by atoms with Crippen molar-refractivity contribution in [2.45, 2.75) is 19.4 Å². The lowest BCUT2D eigenvalue weighted by molar-refractivity contribution is -0.137. The summed E-state index contributed by atoms with van der Waals surface area (Å²) in [5.74, 6) is 0.253. The SMILES string of the molecule is O=C(O)CCCn1nnnc1-c1ccco1. The van der Waals surface area contributed by atoms with E-state index in [1.54, 1.807) is 12.1 Å². The van der Waals surface area contributed by atoms with Crippen molar-refractivity contribution in [2.24, 2.45) is 0 Å². The van der Waals surface area contributed by atoms with E-state index in [-0.39, 0.29) is 6.42 Å². The summed E-state index contributed by atoms with van der Waals surface area (Å²) in [4.78, 5) is 10.4. The predicted octanol–water partition coefficient (Wildman–Crippen LogP) is 0.798. The Labute approximate surface area is 90.7 Å². The van der Waals surface area contributed by atoms with E-state index in [0.29, 0.717) is 24.6 Å². The molecule has 84 valence electrons. The van der Waals surface area contributed by atoms with Gasteiger partial charge in [-0.1, -0.05) is 0 Å². The lowest BCUT2D eigenvalue weighted by Gasteiger charge is -2.00. The first-order chi connectivity index (χ1) is 7.77. The van der Waals surface area contributed by atoms with Crippen molar-refractivity contribution in [1.82, 2.24) is 20.2 Å². The van der Waals surface area contributed by atoms with Gasteiger partial charge in [0.2, 0.25) is 5.82 Å². The van der Waals surface area contributed by atoms with Crippen LogP contribution in [0.5, 0.6) is 0 Å². The molecule has 0 aliphatic rings. The van der Waals surface area contributed by atoms with Gasteiger partial charge in [0, 0.05) is 13.0 Å². The van der Waals surface area contributed by atoms with Crippen molar-refractivity contribution < 1.29 is 14.3 Å². The van der Waals surface area contributed by atoms with E-state index in [9.17, 15) is 4.79 Å². The highest BCUT2D eigenvalue weighted by atomic mass is 16.4. The third-order valence-corrected chi connectivity index (χ3v) is 2.03. The highest BCUT2D eigenvalue weighted by molar-refractivity contribution is 5.66. The van der Waals surface area contributed by atoms with Crippen LogP contribution in [0.25, 0.3) is 11.6 Å². The second kappa shape index (κ2) is 4.56. The summed E-state index contributed by atoms with van der Waals surface area (Å²) in [6.07, 6.45) is 2.11. The number of nitrogens with zero attached hydrogens (tertiary/aromatic N) is 4. The molecule has 0 amide bonds. The van der Waals surface area contributed by atoms with Gasteiger partial charge in [-0.2, -0.15) is 0 Å². The van der Waals surface area contributed by atoms with Crippen molar-refractivity contribution in [3.8, 4) is 11.6 Å². The number of carbonyl (C=O) groups is 1. The molecule has 0 unspecified atom stereocenters. The Hall–Kier alpha value is -2.18. The molecule has 7 heteroatoms. The van der Waals surface area contributed by atoms with Gasteiger partial charge in [0.1, 0.15) is 0 Å². The molecule has 0 radical (unpaired) electrons. The molecule has 16 heavy (non-hydrogen) atoms. The van der Waals surface area contributed by atoms with Crippen LogP contribution in [0.4, 0.5) is 0 Å². The molecule has 1 N–H and O–H groups in total. The van der Waals surface area contributed by atoms with Crippen LogP contribution in [0.2, 0.25) is 0 Å². The zero-order valence-electron chi connectivity index (χ0n) is 8.41. The maximum Gasteiger partial charge on any atom is 0.303 e. The van der Waals surface area contributed by atoms with Crippen molar-refractivity contribution in [1.29, 1.82) is 0 Å². The number of hydrogen-bond donors (Lipinski definition) is 1. The topological polar surface area (TPSA) is 94.0 Å². The van der Waals surface area contributed by atoms with Crippen molar-refractivity contribution >= 4 is 5.97 Å². The van der Waals surface area contributed by atoms with Gasteiger partial charge in [-0.15, -0.1) is 5.10 Å². The van der Waals surface area contributed by atoms with Crippen LogP contribution in [-0.4, -0.2) is 31.3 Å². The Morgan fingerprint density at radius 3 is 3.12 bits per heavy atom. The first kappa shape index (κ1) is 10.3. The summed E-state index contributed by atoms with van der Waals surface area (Å²) in [5, 5.41) is 19.6. The van der Waals surface area contributed by atoms with Crippen LogP contribution in [0.1, 0.15) is 12.8 Å². The highest BCUT2D eigenvalue weighted by Crippen LogP contribution is 2.15. The number of rotatable bonds is 5. The zero-order chi connectivity index (χ0) is 11.4. The molecular formula is C9H10N4O3. The Bertz CT molecular complexity index is 463. The molecule has 2 aromatic heterocycles. The third kappa shape index (κ3) is 2.25. The van der Waals surface area contributed by atoms with Gasteiger partial charge in [-0.3, -0.25) is 4.79 Å². The summed E-state index contributed by atoms with van der Waals surface area (Å²) in [6, 6.07) is 3.49. The minimum absolute atomic E-state index is 0.0947. The molecule has 0 aromatic carbocycles. The first-order valence-corrected chi connectivity index (χ1v) is 4.79. The van der Waals surface area contributed by atoms with E-state index in [0.717, 1.165) is 0 Å². The highest BCUT2D eigenvalue weighted by Gasteiger charge is 2.11. The number of hydrogen-bond acceptors (Lipinski definition) is 5. The molecule has 2 aromatic rings. The van der Waals surface area contributed by atoms with Crippen LogP contribution in [0.3, 0.4) is 0 Å². The molecule has 0 fully saturated rings. The summed E-state index contributed by atoms with van der Waals surface area (Å²) in [6.45, 7) is 0.454. The third-order valence-electron chi connectivity index (χ3n) is 2.03. The number of carboxylic acid groups (broad SMARTS) is 1. The number of aromatic nitrogens is 4. The minimum atomic E-state index is -0.826. The van der Waals surface area contributed by atoms with Crippen molar-refractivity contribution in [2.75, 3.05) is 0 Å². The Morgan fingerprint density at radius 2 is 2.44 bits per heavy atom. The minimum Gasteiger partial charge on any atom is -0.481 e. The van der Waals surface area contributed by atoms with Crippen LogP contribution in [-0.2, 0) is 11.3 Å². The maximum absolute atomic E-state index is 10.4. The quantitative estimate of drug-likeness (QED) is 0.803. The predicted molar refractivity (Wildman–Crippen MR) is 52.4 cm³/mol.